The Kier molecular flexibility index (Phi) is 6.09. The molecular formula is C19H21N3O5S. The third-order valence-electron chi connectivity index (χ3n) is 5.17. The number of amides is 3. The van der Waals surface area contributed by atoms with Crippen molar-refractivity contribution in [2.24, 2.45) is 11.8 Å². The van der Waals surface area contributed by atoms with Crippen molar-refractivity contribution in [3.05, 3.63) is 17.0 Å². The Bertz CT molecular complexity index is 819. The van der Waals surface area contributed by atoms with Crippen LogP contribution in [0.5, 0.6) is 0 Å². The van der Waals surface area contributed by atoms with Crippen LogP contribution in [-0.4, -0.2) is 41.2 Å². The molecule has 1 aromatic rings. The highest BCUT2D eigenvalue weighted by Crippen LogP contribution is 2.38. The molecule has 3 amide bonds. The molecule has 1 N–H and O–H groups in total. The van der Waals surface area contributed by atoms with E-state index >= 15 is 0 Å². The second-order valence-corrected chi connectivity index (χ2v) is 7.89. The van der Waals surface area contributed by atoms with Crippen molar-refractivity contribution >= 4 is 40.0 Å². The molecule has 2 heterocycles. The van der Waals surface area contributed by atoms with E-state index in [9.17, 15) is 19.2 Å². The number of imide groups is 1. The Labute approximate surface area is 166 Å². The number of fused-ring (bicyclic) bond motifs is 1. The molecule has 1 aromatic heterocycles. The van der Waals surface area contributed by atoms with E-state index < -0.39 is 18.0 Å². The van der Waals surface area contributed by atoms with Gasteiger partial charge in [-0.3, -0.25) is 24.1 Å². The number of anilines is 1. The van der Waals surface area contributed by atoms with Crippen LogP contribution in [0.3, 0.4) is 0 Å². The van der Waals surface area contributed by atoms with E-state index in [2.05, 4.69) is 5.32 Å². The summed E-state index contributed by atoms with van der Waals surface area (Å²) in [6.45, 7) is 1.40. The van der Waals surface area contributed by atoms with Gasteiger partial charge in [0.2, 0.25) is 11.8 Å². The molecule has 0 radical (unpaired) electrons. The average Bonchev–Trinajstić information content (AvgIpc) is 3.23. The van der Waals surface area contributed by atoms with Crippen molar-refractivity contribution < 1.29 is 23.9 Å². The number of nitriles is 1. The van der Waals surface area contributed by atoms with Crippen LogP contribution < -0.4 is 5.32 Å². The van der Waals surface area contributed by atoms with Crippen LogP contribution in [0, 0.1) is 23.2 Å². The number of ether oxygens (including phenoxy) is 1. The van der Waals surface area contributed by atoms with Gasteiger partial charge in [-0.15, -0.1) is 11.3 Å². The lowest BCUT2D eigenvalue weighted by atomic mass is 9.81. The van der Waals surface area contributed by atoms with Gasteiger partial charge in [-0.05, 0) is 31.2 Å². The third kappa shape index (κ3) is 4.07. The summed E-state index contributed by atoms with van der Waals surface area (Å²) in [6, 6.07) is 3.54. The van der Waals surface area contributed by atoms with E-state index in [4.69, 9.17) is 10.00 Å². The van der Waals surface area contributed by atoms with Crippen LogP contribution in [0.4, 0.5) is 5.00 Å². The molecule has 3 rings (SSSR count). The van der Waals surface area contributed by atoms with Gasteiger partial charge in [0.1, 0.15) is 11.1 Å². The first-order chi connectivity index (χ1) is 13.4. The summed E-state index contributed by atoms with van der Waals surface area (Å²) in [6.07, 6.45) is 2.12. The minimum Gasteiger partial charge on any atom is -0.452 e. The number of carbonyl (C=O) groups excluding carboxylic acids is 4. The van der Waals surface area contributed by atoms with E-state index in [1.54, 1.807) is 11.4 Å². The predicted octanol–water partition coefficient (Wildman–Crippen LogP) is 2.06. The molecular weight excluding hydrogens is 382 g/mol. The molecule has 9 heteroatoms. The van der Waals surface area contributed by atoms with Crippen LogP contribution in [-0.2, 0) is 23.9 Å². The average molecular weight is 403 g/mol. The molecule has 1 saturated carbocycles. The van der Waals surface area contributed by atoms with Gasteiger partial charge in [0.05, 0.1) is 23.8 Å². The molecule has 2 aliphatic rings. The second kappa shape index (κ2) is 8.52. The second-order valence-electron chi connectivity index (χ2n) is 6.97. The zero-order valence-electron chi connectivity index (χ0n) is 15.5. The minimum atomic E-state index is -1.06. The summed E-state index contributed by atoms with van der Waals surface area (Å²) in [5, 5.41) is 13.6. The van der Waals surface area contributed by atoms with Crippen molar-refractivity contribution in [2.45, 2.75) is 45.1 Å². The lowest BCUT2D eigenvalue weighted by Gasteiger charge is -2.19. The van der Waals surface area contributed by atoms with Crippen molar-refractivity contribution in [1.82, 2.24) is 4.90 Å². The summed E-state index contributed by atoms with van der Waals surface area (Å²) in [5.74, 6) is -2.11. The summed E-state index contributed by atoms with van der Waals surface area (Å²) >= 11 is 1.20. The van der Waals surface area contributed by atoms with Crippen LogP contribution >= 0.6 is 11.3 Å². The summed E-state index contributed by atoms with van der Waals surface area (Å²) < 4.78 is 5.10. The lowest BCUT2D eigenvalue weighted by molar-refractivity contribution is -0.154. The molecule has 1 aliphatic heterocycles. The number of nitrogens with zero attached hydrogens (tertiary/aromatic N) is 2. The Morgan fingerprint density at radius 3 is 2.57 bits per heavy atom. The van der Waals surface area contributed by atoms with Gasteiger partial charge in [-0.2, -0.15) is 5.26 Å². The summed E-state index contributed by atoms with van der Waals surface area (Å²) in [5.41, 5.74) is 0.337. The molecule has 0 aromatic carbocycles. The molecule has 0 spiro atoms. The Morgan fingerprint density at radius 2 is 1.96 bits per heavy atom. The fraction of sp³-hybridized carbons (Fsp3) is 0.526. The van der Waals surface area contributed by atoms with Crippen LogP contribution in [0.1, 0.15) is 44.6 Å². The topological polar surface area (TPSA) is 117 Å². The summed E-state index contributed by atoms with van der Waals surface area (Å²) in [7, 11) is 0. The maximum Gasteiger partial charge on any atom is 0.308 e. The fourth-order valence-corrected chi connectivity index (χ4v) is 4.41. The van der Waals surface area contributed by atoms with Crippen molar-refractivity contribution in [1.29, 1.82) is 5.26 Å². The Morgan fingerprint density at radius 1 is 1.32 bits per heavy atom. The van der Waals surface area contributed by atoms with E-state index in [1.165, 1.54) is 18.3 Å². The van der Waals surface area contributed by atoms with Gasteiger partial charge >= 0.3 is 5.97 Å². The number of carbonyl (C=O) groups is 4. The fourth-order valence-electron chi connectivity index (χ4n) is 3.67. The minimum absolute atomic E-state index is 0.0264. The zero-order valence-corrected chi connectivity index (χ0v) is 16.3. The first-order valence-corrected chi connectivity index (χ1v) is 10.1. The highest BCUT2D eigenvalue weighted by atomic mass is 32.1. The molecule has 1 aliphatic carbocycles. The quantitative estimate of drug-likeness (QED) is 0.574. The third-order valence-corrected chi connectivity index (χ3v) is 6.00. The van der Waals surface area contributed by atoms with Gasteiger partial charge < -0.3 is 10.1 Å². The molecule has 3 atom stereocenters. The lowest BCUT2D eigenvalue weighted by Crippen LogP contribution is -2.35. The van der Waals surface area contributed by atoms with Crippen molar-refractivity contribution in [3.8, 4) is 6.07 Å². The number of rotatable bonds is 6. The maximum atomic E-state index is 12.4. The number of thiophene rings is 1. The predicted molar refractivity (Wildman–Crippen MR) is 100 cm³/mol. The van der Waals surface area contributed by atoms with Crippen molar-refractivity contribution in [2.75, 3.05) is 11.9 Å². The summed E-state index contributed by atoms with van der Waals surface area (Å²) in [4.78, 5) is 50.2. The van der Waals surface area contributed by atoms with Gasteiger partial charge in [-0.1, -0.05) is 12.8 Å². The monoisotopic (exact) mass is 403 g/mol. The highest BCUT2D eigenvalue weighted by Gasteiger charge is 2.47. The van der Waals surface area contributed by atoms with E-state index in [0.29, 0.717) is 10.6 Å². The molecule has 2 fully saturated rings. The largest absolute Gasteiger partial charge is 0.452 e. The smallest absolute Gasteiger partial charge is 0.308 e. The Hall–Kier alpha value is -2.73. The maximum absolute atomic E-state index is 12.4. The standard InChI is InChI=1S/C19H21N3O5S/c1-11(16(24)21-17-12(10-20)7-9-28-17)27-15(23)6-8-22-18(25)13-4-2-3-5-14(13)19(22)26/h7,9,11,13-14H,2-6,8H2,1H3,(H,21,24)/t11-,13-,14+/m0/s1. The number of esters is 1. The van der Waals surface area contributed by atoms with Crippen LogP contribution in [0.2, 0.25) is 0 Å². The number of likely N-dealkylation sites (tertiary alicyclic amines) is 1. The van der Waals surface area contributed by atoms with Gasteiger partial charge in [-0.25, -0.2) is 0 Å². The SMILES string of the molecule is C[C@H](OC(=O)CCN1C(=O)[C@H]2CCCC[C@H]2C1=O)C(=O)Nc1sccc1C#N. The zero-order chi connectivity index (χ0) is 20.3. The number of nitrogens with one attached hydrogen (secondary N) is 1. The van der Waals surface area contributed by atoms with Crippen molar-refractivity contribution in [3.63, 3.8) is 0 Å². The molecule has 0 bridgehead atoms. The number of hydrogen-bond acceptors (Lipinski definition) is 7. The normalized spacial score (nSPS) is 22.4. The number of hydrogen-bond donors (Lipinski definition) is 1. The molecule has 28 heavy (non-hydrogen) atoms. The highest BCUT2D eigenvalue weighted by molar-refractivity contribution is 7.14. The van der Waals surface area contributed by atoms with Gasteiger partial charge in [0.15, 0.2) is 6.10 Å². The van der Waals surface area contributed by atoms with Crippen LogP contribution in [0.15, 0.2) is 11.4 Å². The Balaban J connectivity index is 1.49. The van der Waals surface area contributed by atoms with Crippen LogP contribution in [0.25, 0.3) is 0 Å². The first kappa shape index (κ1) is 20.0. The van der Waals surface area contributed by atoms with E-state index in [1.807, 2.05) is 6.07 Å². The van der Waals surface area contributed by atoms with E-state index in [0.717, 1.165) is 30.6 Å². The first-order valence-electron chi connectivity index (χ1n) is 9.25. The van der Waals surface area contributed by atoms with E-state index in [-0.39, 0.29) is 36.6 Å². The van der Waals surface area contributed by atoms with Gasteiger partial charge in [0, 0.05) is 6.54 Å². The van der Waals surface area contributed by atoms with Gasteiger partial charge in [0.25, 0.3) is 5.91 Å². The molecule has 1 saturated heterocycles. The molecule has 0 unspecified atom stereocenters. The molecule has 8 nitrogen and oxygen atoms in total. The molecule has 148 valence electrons.